The van der Waals surface area contributed by atoms with Gasteiger partial charge >= 0.3 is 5.97 Å². The summed E-state index contributed by atoms with van der Waals surface area (Å²) in [6, 6.07) is 34.2. The average Bonchev–Trinajstić information content (AvgIpc) is 2.90. The lowest BCUT2D eigenvalue weighted by Gasteiger charge is -2.26. The number of benzene rings is 4. The number of hydrogen-bond acceptors (Lipinski definition) is 5. The van der Waals surface area contributed by atoms with Gasteiger partial charge < -0.3 is 5.11 Å². The Bertz CT molecular complexity index is 1440. The molecule has 8 nitrogen and oxygen atoms in total. The molecule has 0 bridgehead atoms. The Morgan fingerprint density at radius 3 is 1.50 bits per heavy atom. The number of anilines is 1. The van der Waals surface area contributed by atoms with Gasteiger partial charge in [-0.3, -0.25) is 5.43 Å². The first-order valence-electron chi connectivity index (χ1n) is 10.8. The number of nitrogens with zero attached hydrogens (tertiary/aromatic N) is 2. The van der Waals surface area contributed by atoms with Gasteiger partial charge in [-0.15, -0.1) is 5.10 Å². The number of rotatable bonds is 6. The van der Waals surface area contributed by atoms with Crippen molar-refractivity contribution < 1.29 is 18.3 Å². The summed E-state index contributed by atoms with van der Waals surface area (Å²) in [5.41, 5.74) is 3.05. The van der Waals surface area contributed by atoms with Crippen molar-refractivity contribution in [2.75, 3.05) is 5.43 Å². The minimum absolute atomic E-state index is 0.0673. The molecule has 36 heavy (non-hydrogen) atoms. The van der Waals surface area contributed by atoms with Gasteiger partial charge in [-0.1, -0.05) is 91.0 Å². The minimum atomic E-state index is -3.85. The average molecular weight is 519 g/mol. The molecule has 0 aliphatic rings. The molecule has 4 N–H and O–H groups in total. The fourth-order valence-electron chi connectivity index (χ4n) is 3.64. The molecule has 4 aromatic carbocycles. The molecule has 4 rings (SSSR count). The van der Waals surface area contributed by atoms with E-state index >= 15 is 0 Å². The summed E-state index contributed by atoms with van der Waals surface area (Å²) in [5.74, 6) is -1.73. The maximum Gasteiger partial charge on any atom is 0.375 e. The molecular formula is C26H23N4O4PS. The predicted molar refractivity (Wildman–Crippen MR) is 144 cm³/mol. The molecule has 0 unspecified atom stereocenters. The van der Waals surface area contributed by atoms with Gasteiger partial charge in [0.05, 0.1) is 17.6 Å². The number of nitrogens with two attached hydrogens (primary N) is 1. The summed E-state index contributed by atoms with van der Waals surface area (Å²) in [5, 5.41) is 21.9. The second-order valence-corrected chi connectivity index (χ2v) is 12.2. The van der Waals surface area contributed by atoms with E-state index in [2.05, 4.69) is 10.5 Å². The lowest BCUT2D eigenvalue weighted by atomic mass is 10.3. The number of hydrazone groups is 1. The fraction of sp³-hybridized carbons (Fsp3) is 0. The van der Waals surface area contributed by atoms with Crippen molar-refractivity contribution in [3.63, 3.8) is 0 Å². The topological polar surface area (TPSA) is 134 Å². The molecular weight excluding hydrogens is 495 g/mol. The third-order valence-electron chi connectivity index (χ3n) is 5.30. The van der Waals surface area contributed by atoms with Crippen molar-refractivity contribution in [2.24, 2.45) is 15.0 Å². The van der Waals surface area contributed by atoms with Crippen LogP contribution in [0.3, 0.4) is 0 Å². The van der Waals surface area contributed by atoms with Crippen LogP contribution < -0.4 is 26.5 Å². The summed E-state index contributed by atoms with van der Waals surface area (Å²) in [6.45, 7) is 0. The molecule has 0 saturated heterocycles. The van der Waals surface area contributed by atoms with Gasteiger partial charge in [0.2, 0.25) is 10.0 Å². The highest BCUT2D eigenvalue weighted by Crippen LogP contribution is 2.46. The van der Waals surface area contributed by atoms with Gasteiger partial charge in [-0.25, -0.2) is 23.1 Å². The molecule has 0 aliphatic heterocycles. The number of amidine groups is 1. The second kappa shape index (κ2) is 10.7. The first-order chi connectivity index (χ1) is 17.3. The molecule has 10 heteroatoms. The van der Waals surface area contributed by atoms with Crippen molar-refractivity contribution in [3.8, 4) is 0 Å². The molecule has 0 aromatic heterocycles. The van der Waals surface area contributed by atoms with Gasteiger partial charge in [-0.05, 0) is 24.3 Å². The number of nitrogens with one attached hydrogen (secondary N) is 1. The largest absolute Gasteiger partial charge is 0.475 e. The van der Waals surface area contributed by atoms with Gasteiger partial charge in [0.15, 0.2) is 0 Å². The fourth-order valence-corrected chi connectivity index (χ4v) is 7.62. The summed E-state index contributed by atoms with van der Waals surface area (Å²) in [7, 11) is -6.69. The molecule has 0 atom stereocenters. The number of carboxylic acid groups (broad SMARTS) is 1. The first-order valence-corrected chi connectivity index (χ1v) is 14.1. The summed E-state index contributed by atoms with van der Waals surface area (Å²) in [4.78, 5) is 12.3. The van der Waals surface area contributed by atoms with Gasteiger partial charge in [0, 0.05) is 15.9 Å². The molecule has 0 saturated carbocycles. The van der Waals surface area contributed by atoms with E-state index in [9.17, 15) is 18.3 Å². The van der Waals surface area contributed by atoms with Crippen LogP contribution in [0.5, 0.6) is 0 Å². The van der Waals surface area contributed by atoms with Crippen LogP contribution in [-0.2, 0) is 14.8 Å². The third-order valence-corrected chi connectivity index (χ3v) is 9.85. The van der Waals surface area contributed by atoms with Crippen LogP contribution >= 0.6 is 7.05 Å². The molecule has 0 fully saturated rings. The maximum absolute atomic E-state index is 12.3. The minimum Gasteiger partial charge on any atom is -0.475 e. The standard InChI is InChI=1S/C26H23N4O4PS/c27-36(33,34)24-18-16-20(17-19-24)28-29-25(26(31)32)30-35(21-10-4-1-5-11-21,22-12-6-2-7-13-22)23-14-8-3-9-15-23/h1-19,28H,(H,31,32)(H2,27,33,34). The van der Waals surface area contributed by atoms with Crippen LogP contribution in [0.25, 0.3) is 0 Å². The Balaban J connectivity index is 1.92. The van der Waals surface area contributed by atoms with E-state index in [1.54, 1.807) is 0 Å². The number of sulfonamides is 1. The molecule has 0 amide bonds. The molecule has 0 heterocycles. The molecule has 4 aromatic rings. The van der Waals surface area contributed by atoms with Crippen LogP contribution in [-0.4, -0.2) is 25.3 Å². The van der Waals surface area contributed by atoms with Crippen molar-refractivity contribution >= 4 is 50.5 Å². The number of hydrogen-bond donors (Lipinski definition) is 3. The smallest absolute Gasteiger partial charge is 0.375 e. The lowest BCUT2D eigenvalue weighted by Crippen LogP contribution is -2.27. The number of carboxylic acids is 1. The number of carbonyl (C=O) groups is 1. The quantitative estimate of drug-likeness (QED) is 0.156. The summed E-state index contributed by atoms with van der Waals surface area (Å²) in [6.07, 6.45) is 0. The highest BCUT2D eigenvalue weighted by atomic mass is 32.2. The van der Waals surface area contributed by atoms with E-state index in [0.29, 0.717) is 5.69 Å². The SMILES string of the molecule is NS(=O)(=O)c1ccc(NN=C(N=P(c2ccccc2)(c2ccccc2)c2ccccc2)C(=O)O)cc1. The van der Waals surface area contributed by atoms with Crippen LogP contribution in [0.15, 0.2) is 130 Å². The molecule has 182 valence electrons. The van der Waals surface area contributed by atoms with Crippen LogP contribution in [0.2, 0.25) is 0 Å². The molecule has 0 aliphatic carbocycles. The monoisotopic (exact) mass is 518 g/mol. The summed E-state index contributed by atoms with van der Waals surface area (Å²) >= 11 is 0. The zero-order valence-electron chi connectivity index (χ0n) is 19.0. The Hall–Kier alpha value is -4.04. The zero-order valence-corrected chi connectivity index (χ0v) is 20.7. The lowest BCUT2D eigenvalue weighted by molar-refractivity contribution is -0.129. The van der Waals surface area contributed by atoms with Gasteiger partial charge in [0.25, 0.3) is 5.84 Å². The Morgan fingerprint density at radius 2 is 1.14 bits per heavy atom. The number of aliphatic carboxylic acids is 1. The van der Waals surface area contributed by atoms with Gasteiger partial charge in [-0.2, -0.15) is 0 Å². The molecule has 0 radical (unpaired) electrons. The van der Waals surface area contributed by atoms with E-state index in [-0.39, 0.29) is 4.90 Å². The second-order valence-electron chi connectivity index (χ2n) is 7.66. The zero-order chi connectivity index (χ0) is 25.6. The van der Waals surface area contributed by atoms with E-state index in [1.165, 1.54) is 24.3 Å². The Kier molecular flexibility index (Phi) is 7.45. The highest BCUT2D eigenvalue weighted by molar-refractivity contribution is 7.89. The van der Waals surface area contributed by atoms with Crippen molar-refractivity contribution in [1.29, 1.82) is 0 Å². The van der Waals surface area contributed by atoms with Crippen LogP contribution in [0, 0.1) is 0 Å². The van der Waals surface area contributed by atoms with Crippen LogP contribution in [0.1, 0.15) is 0 Å². The predicted octanol–water partition coefficient (Wildman–Crippen LogP) is 3.32. The maximum atomic E-state index is 12.3. The Labute approximate surface area is 209 Å². The van der Waals surface area contributed by atoms with E-state index < -0.39 is 28.9 Å². The van der Waals surface area contributed by atoms with Crippen molar-refractivity contribution in [1.82, 2.24) is 0 Å². The van der Waals surface area contributed by atoms with E-state index in [0.717, 1.165) is 15.9 Å². The van der Waals surface area contributed by atoms with Crippen molar-refractivity contribution in [3.05, 3.63) is 115 Å². The van der Waals surface area contributed by atoms with E-state index in [1.807, 2.05) is 91.0 Å². The number of primary sulfonamides is 1. The summed E-state index contributed by atoms with van der Waals surface area (Å²) < 4.78 is 27.9. The van der Waals surface area contributed by atoms with Gasteiger partial charge in [0.1, 0.15) is 0 Å². The van der Waals surface area contributed by atoms with Crippen molar-refractivity contribution in [2.45, 2.75) is 4.90 Å². The normalized spacial score (nSPS) is 12.1. The first kappa shape index (κ1) is 25.1. The molecule has 0 spiro atoms. The highest BCUT2D eigenvalue weighted by Gasteiger charge is 2.29. The van der Waals surface area contributed by atoms with Crippen LogP contribution in [0.4, 0.5) is 5.69 Å². The van der Waals surface area contributed by atoms with E-state index in [4.69, 9.17) is 9.88 Å². The Morgan fingerprint density at radius 1 is 0.722 bits per heavy atom. The third kappa shape index (κ3) is 5.44.